The number of hydrogen-bond donors (Lipinski definition) is 2. The van der Waals surface area contributed by atoms with E-state index in [9.17, 15) is 9.59 Å². The summed E-state index contributed by atoms with van der Waals surface area (Å²) in [4.78, 5) is 25.2. The van der Waals surface area contributed by atoms with Gasteiger partial charge in [-0.1, -0.05) is 25.6 Å². The molecule has 0 aromatic carbocycles. The molecule has 9 nitrogen and oxygen atoms in total. The molecule has 1 saturated heterocycles. The van der Waals surface area contributed by atoms with Crippen LogP contribution in [0.3, 0.4) is 0 Å². The Morgan fingerprint density at radius 3 is 2.60 bits per heavy atom. The van der Waals surface area contributed by atoms with Crippen molar-refractivity contribution in [2.75, 3.05) is 50.5 Å². The van der Waals surface area contributed by atoms with E-state index in [2.05, 4.69) is 44.1 Å². The molecule has 1 aromatic rings. The summed E-state index contributed by atoms with van der Waals surface area (Å²) in [5.74, 6) is 1.01. The van der Waals surface area contributed by atoms with Gasteiger partial charge in [0.1, 0.15) is 0 Å². The molecule has 0 unspecified atom stereocenters. The van der Waals surface area contributed by atoms with E-state index in [-0.39, 0.29) is 24.1 Å². The van der Waals surface area contributed by atoms with Crippen molar-refractivity contribution in [2.45, 2.75) is 25.5 Å². The number of anilines is 1. The lowest BCUT2D eigenvalue weighted by atomic mass is 10.2. The zero-order valence-corrected chi connectivity index (χ0v) is 15.8. The van der Waals surface area contributed by atoms with Gasteiger partial charge in [0.25, 0.3) is 0 Å². The van der Waals surface area contributed by atoms with Crippen LogP contribution in [0.4, 0.5) is 5.95 Å². The number of rotatable bonds is 8. The lowest BCUT2D eigenvalue weighted by molar-refractivity contribution is -0.124. The van der Waals surface area contributed by atoms with Crippen molar-refractivity contribution >= 4 is 29.5 Å². The van der Waals surface area contributed by atoms with Gasteiger partial charge < -0.3 is 20.3 Å². The van der Waals surface area contributed by atoms with Crippen LogP contribution in [-0.2, 0) is 20.9 Å². The maximum Gasteiger partial charge on any atom is 0.239 e. The minimum atomic E-state index is -0.226. The van der Waals surface area contributed by atoms with Gasteiger partial charge in [-0.3, -0.25) is 14.2 Å². The predicted octanol–water partition coefficient (Wildman–Crippen LogP) is -0.275. The van der Waals surface area contributed by atoms with E-state index in [0.29, 0.717) is 24.3 Å². The van der Waals surface area contributed by atoms with Crippen molar-refractivity contribution in [3.8, 4) is 0 Å². The summed E-state index contributed by atoms with van der Waals surface area (Å²) in [5.41, 5.74) is 0. The van der Waals surface area contributed by atoms with E-state index < -0.39 is 0 Å². The number of hydrogen-bond acceptors (Lipinski definition) is 7. The number of morpholine rings is 1. The molecule has 2 N–H and O–H groups in total. The van der Waals surface area contributed by atoms with Gasteiger partial charge in [0.05, 0.1) is 25.5 Å². The van der Waals surface area contributed by atoms with Crippen LogP contribution in [0.1, 0.15) is 13.8 Å². The van der Waals surface area contributed by atoms with Crippen molar-refractivity contribution in [3.05, 3.63) is 0 Å². The summed E-state index contributed by atoms with van der Waals surface area (Å²) in [6, 6.07) is 0. The second-order valence-electron chi connectivity index (χ2n) is 6.13. The highest BCUT2D eigenvalue weighted by Crippen LogP contribution is 2.24. The van der Waals surface area contributed by atoms with Crippen LogP contribution < -0.4 is 15.5 Å². The van der Waals surface area contributed by atoms with E-state index in [1.54, 1.807) is 0 Å². The minimum absolute atomic E-state index is 0.0202. The maximum atomic E-state index is 11.9. The summed E-state index contributed by atoms with van der Waals surface area (Å²) >= 11 is 1.33. The highest BCUT2D eigenvalue weighted by molar-refractivity contribution is 7.99. The Morgan fingerprint density at radius 2 is 1.96 bits per heavy atom. The number of nitrogens with zero attached hydrogens (tertiary/aromatic N) is 4. The molecule has 1 fully saturated rings. The Balaban J connectivity index is 2.00. The highest BCUT2D eigenvalue weighted by atomic mass is 32.2. The summed E-state index contributed by atoms with van der Waals surface area (Å²) in [6.07, 6.45) is 0. The fraction of sp³-hybridized carbons (Fsp3) is 0.733. The Morgan fingerprint density at radius 1 is 1.24 bits per heavy atom. The van der Waals surface area contributed by atoms with Gasteiger partial charge in [0, 0.05) is 26.7 Å². The number of ether oxygens (including phenoxy) is 1. The third-order valence-electron chi connectivity index (χ3n) is 3.60. The molecule has 1 aromatic heterocycles. The Labute approximate surface area is 151 Å². The quantitative estimate of drug-likeness (QED) is 0.607. The first-order chi connectivity index (χ1) is 12.0. The second kappa shape index (κ2) is 9.62. The lowest BCUT2D eigenvalue weighted by Crippen LogP contribution is -2.38. The molecule has 25 heavy (non-hydrogen) atoms. The topological polar surface area (TPSA) is 101 Å². The SMILES string of the molecule is CNC(=O)CNC(=O)CSc1nnc(N2CCOCC2)n1CC(C)C. The number of nitrogens with one attached hydrogen (secondary N) is 2. The first-order valence-corrected chi connectivity index (χ1v) is 9.35. The van der Waals surface area contributed by atoms with E-state index in [1.807, 2.05) is 0 Å². The first kappa shape index (κ1) is 19.5. The standard InChI is InChI=1S/C15H26N6O3S/c1-11(2)9-21-14(20-4-6-24-7-5-20)18-19-15(21)25-10-13(23)17-8-12(22)16-3/h11H,4-10H2,1-3H3,(H,16,22)(H,17,23). The van der Waals surface area contributed by atoms with Gasteiger partial charge in [-0.05, 0) is 5.92 Å². The zero-order chi connectivity index (χ0) is 18.2. The summed E-state index contributed by atoms with van der Waals surface area (Å²) in [7, 11) is 1.53. The van der Waals surface area contributed by atoms with Crippen LogP contribution in [0.5, 0.6) is 0 Å². The van der Waals surface area contributed by atoms with Gasteiger partial charge in [0.15, 0.2) is 5.16 Å². The zero-order valence-electron chi connectivity index (χ0n) is 14.9. The van der Waals surface area contributed by atoms with Crippen LogP contribution in [-0.4, -0.2) is 72.2 Å². The molecule has 0 saturated carbocycles. The van der Waals surface area contributed by atoms with Crippen LogP contribution >= 0.6 is 11.8 Å². The number of aromatic nitrogens is 3. The van der Waals surface area contributed by atoms with E-state index >= 15 is 0 Å². The molecule has 1 aliphatic rings. The van der Waals surface area contributed by atoms with Crippen molar-refractivity contribution in [3.63, 3.8) is 0 Å². The van der Waals surface area contributed by atoms with Gasteiger partial charge in [0.2, 0.25) is 17.8 Å². The fourth-order valence-electron chi connectivity index (χ4n) is 2.36. The summed E-state index contributed by atoms with van der Waals surface area (Å²) in [5, 5.41) is 14.3. The Kier molecular flexibility index (Phi) is 7.51. The third-order valence-corrected chi connectivity index (χ3v) is 4.56. The molecule has 140 valence electrons. The van der Waals surface area contributed by atoms with Gasteiger partial charge >= 0.3 is 0 Å². The molecule has 0 radical (unpaired) electrons. The number of likely N-dealkylation sites (N-methyl/N-ethyl adjacent to an activating group) is 1. The average molecular weight is 370 g/mol. The summed E-state index contributed by atoms with van der Waals surface area (Å²) in [6.45, 7) is 7.95. The smallest absolute Gasteiger partial charge is 0.239 e. The molecule has 2 heterocycles. The first-order valence-electron chi connectivity index (χ1n) is 8.37. The van der Waals surface area contributed by atoms with E-state index in [0.717, 1.165) is 25.6 Å². The molecule has 0 atom stereocenters. The summed E-state index contributed by atoms with van der Waals surface area (Å²) < 4.78 is 7.46. The van der Waals surface area contributed by atoms with Crippen LogP contribution in [0, 0.1) is 5.92 Å². The second-order valence-corrected chi connectivity index (χ2v) is 7.07. The van der Waals surface area contributed by atoms with Gasteiger partial charge in [-0.15, -0.1) is 10.2 Å². The number of amides is 2. The number of carbonyl (C=O) groups excluding carboxylic acids is 2. The van der Waals surface area contributed by atoms with Crippen molar-refractivity contribution in [1.82, 2.24) is 25.4 Å². The molecular weight excluding hydrogens is 344 g/mol. The van der Waals surface area contributed by atoms with Crippen LogP contribution in [0.15, 0.2) is 5.16 Å². The molecule has 0 aliphatic carbocycles. The highest BCUT2D eigenvalue weighted by Gasteiger charge is 2.21. The van der Waals surface area contributed by atoms with Gasteiger partial charge in [-0.2, -0.15) is 0 Å². The van der Waals surface area contributed by atoms with E-state index in [4.69, 9.17) is 4.74 Å². The Hall–Kier alpha value is -1.81. The number of carbonyl (C=O) groups is 2. The molecule has 10 heteroatoms. The maximum absolute atomic E-state index is 11.9. The minimum Gasteiger partial charge on any atom is -0.378 e. The van der Waals surface area contributed by atoms with Crippen molar-refractivity contribution in [1.29, 1.82) is 0 Å². The van der Waals surface area contributed by atoms with Gasteiger partial charge in [-0.25, -0.2) is 0 Å². The van der Waals surface area contributed by atoms with Crippen LogP contribution in [0.2, 0.25) is 0 Å². The number of thioether (sulfide) groups is 1. The fourth-order valence-corrected chi connectivity index (χ4v) is 3.13. The molecule has 0 spiro atoms. The molecule has 2 amide bonds. The average Bonchev–Trinajstić information content (AvgIpc) is 3.00. The monoisotopic (exact) mass is 370 g/mol. The Bertz CT molecular complexity index is 586. The van der Waals surface area contributed by atoms with Crippen LogP contribution in [0.25, 0.3) is 0 Å². The van der Waals surface area contributed by atoms with E-state index in [1.165, 1.54) is 18.8 Å². The van der Waals surface area contributed by atoms with Crippen molar-refractivity contribution in [2.24, 2.45) is 5.92 Å². The molecule has 1 aliphatic heterocycles. The molecular formula is C15H26N6O3S. The molecule has 0 bridgehead atoms. The predicted molar refractivity (Wildman–Crippen MR) is 95.7 cm³/mol. The molecule has 2 rings (SSSR count). The van der Waals surface area contributed by atoms with Crippen molar-refractivity contribution < 1.29 is 14.3 Å². The largest absolute Gasteiger partial charge is 0.378 e. The lowest BCUT2D eigenvalue weighted by Gasteiger charge is -2.28. The third kappa shape index (κ3) is 5.89. The normalized spacial score (nSPS) is 14.6.